The zero-order valence-corrected chi connectivity index (χ0v) is 14.1. The Morgan fingerprint density at radius 2 is 1.88 bits per heavy atom. The molecule has 0 aliphatic carbocycles. The summed E-state index contributed by atoms with van der Waals surface area (Å²) in [5, 5.41) is 3.84. The quantitative estimate of drug-likeness (QED) is 0.718. The molecule has 25 heavy (non-hydrogen) atoms. The van der Waals surface area contributed by atoms with E-state index in [2.05, 4.69) is 10.3 Å². The zero-order chi connectivity index (χ0) is 17.8. The Labute approximate surface area is 146 Å². The maximum Gasteiger partial charge on any atom is 0.253 e. The van der Waals surface area contributed by atoms with Gasteiger partial charge in [-0.05, 0) is 35.9 Å². The molecular weight excluding hydrogens is 314 g/mol. The van der Waals surface area contributed by atoms with Gasteiger partial charge in [0.05, 0.1) is 0 Å². The number of aromatic nitrogens is 1. The van der Waals surface area contributed by atoms with Gasteiger partial charge in [-0.15, -0.1) is 0 Å². The Bertz CT molecular complexity index is 954. The lowest BCUT2D eigenvalue weighted by atomic mass is 10.1. The molecule has 1 heterocycles. The largest absolute Gasteiger partial charge is 0.361 e. The van der Waals surface area contributed by atoms with Crippen LogP contribution in [0.4, 0.5) is 5.69 Å². The first kappa shape index (κ1) is 16.5. The van der Waals surface area contributed by atoms with Crippen molar-refractivity contribution in [1.29, 1.82) is 0 Å². The average molecular weight is 333 g/mol. The van der Waals surface area contributed by atoms with Gasteiger partial charge in [0.25, 0.3) is 5.91 Å². The molecule has 0 radical (unpaired) electrons. The maximum atomic E-state index is 12.2. The summed E-state index contributed by atoms with van der Waals surface area (Å²) in [6.45, 7) is 0. The van der Waals surface area contributed by atoms with Crippen molar-refractivity contribution in [2.75, 3.05) is 19.4 Å². The molecule has 0 fully saturated rings. The van der Waals surface area contributed by atoms with Gasteiger partial charge in [0, 0.05) is 48.5 Å². The molecule has 0 saturated carbocycles. The van der Waals surface area contributed by atoms with Crippen LogP contribution in [0.3, 0.4) is 0 Å². The van der Waals surface area contributed by atoms with Crippen LogP contribution in [0.2, 0.25) is 0 Å². The fraction of sp³-hybridized carbons (Fsp3) is 0.100. The molecule has 3 aromatic rings. The normalized spacial score (nSPS) is 11.0. The number of para-hydroxylation sites is 1. The van der Waals surface area contributed by atoms with E-state index in [9.17, 15) is 9.59 Å². The summed E-state index contributed by atoms with van der Waals surface area (Å²) < 4.78 is 0. The molecule has 5 nitrogen and oxygen atoms in total. The van der Waals surface area contributed by atoms with E-state index in [1.807, 2.05) is 30.5 Å². The first-order chi connectivity index (χ1) is 12.0. The highest BCUT2D eigenvalue weighted by atomic mass is 16.2. The van der Waals surface area contributed by atoms with Gasteiger partial charge in [0.2, 0.25) is 5.91 Å². The van der Waals surface area contributed by atoms with E-state index in [-0.39, 0.29) is 11.8 Å². The number of rotatable bonds is 4. The molecule has 3 rings (SSSR count). The van der Waals surface area contributed by atoms with E-state index in [0.717, 1.165) is 16.5 Å². The smallest absolute Gasteiger partial charge is 0.253 e. The summed E-state index contributed by atoms with van der Waals surface area (Å²) in [7, 11) is 3.38. The van der Waals surface area contributed by atoms with E-state index >= 15 is 0 Å². The molecule has 0 atom stereocenters. The highest BCUT2D eigenvalue weighted by molar-refractivity contribution is 6.04. The number of H-pyrrole nitrogens is 1. The number of aromatic amines is 1. The molecule has 0 saturated heterocycles. The maximum absolute atomic E-state index is 12.2. The highest BCUT2D eigenvalue weighted by Crippen LogP contribution is 2.19. The van der Waals surface area contributed by atoms with Crippen molar-refractivity contribution in [1.82, 2.24) is 9.88 Å². The van der Waals surface area contributed by atoms with Gasteiger partial charge in [-0.25, -0.2) is 0 Å². The van der Waals surface area contributed by atoms with Gasteiger partial charge in [-0.3, -0.25) is 9.59 Å². The number of carbonyl (C=O) groups excluding carboxylic acids is 2. The zero-order valence-electron chi connectivity index (χ0n) is 14.1. The second-order valence-corrected chi connectivity index (χ2v) is 5.89. The van der Waals surface area contributed by atoms with E-state index in [1.54, 1.807) is 44.4 Å². The first-order valence-corrected chi connectivity index (χ1v) is 7.91. The molecular formula is C20H19N3O2. The Balaban J connectivity index is 1.72. The molecule has 2 N–H and O–H groups in total. The fourth-order valence-electron chi connectivity index (χ4n) is 2.57. The lowest BCUT2D eigenvalue weighted by Crippen LogP contribution is -2.21. The number of fused-ring (bicyclic) bond motifs is 1. The number of carbonyl (C=O) groups is 2. The van der Waals surface area contributed by atoms with Crippen LogP contribution in [0.15, 0.2) is 60.8 Å². The minimum Gasteiger partial charge on any atom is -0.361 e. The summed E-state index contributed by atoms with van der Waals surface area (Å²) >= 11 is 0. The van der Waals surface area contributed by atoms with Crippen molar-refractivity contribution in [3.8, 4) is 0 Å². The molecule has 0 unspecified atom stereocenters. The van der Waals surface area contributed by atoms with Crippen LogP contribution in [0.5, 0.6) is 0 Å². The summed E-state index contributed by atoms with van der Waals surface area (Å²) in [6.07, 6.45) is 5.11. The number of hydrogen-bond acceptors (Lipinski definition) is 2. The van der Waals surface area contributed by atoms with Gasteiger partial charge in [-0.1, -0.05) is 24.3 Å². The minimum atomic E-state index is -0.250. The van der Waals surface area contributed by atoms with Crippen molar-refractivity contribution in [3.63, 3.8) is 0 Å². The number of nitrogens with zero attached hydrogens (tertiary/aromatic N) is 1. The van der Waals surface area contributed by atoms with Crippen molar-refractivity contribution < 1.29 is 9.59 Å². The monoisotopic (exact) mass is 333 g/mol. The van der Waals surface area contributed by atoms with Crippen LogP contribution in [0.25, 0.3) is 17.0 Å². The number of benzene rings is 2. The molecule has 2 aromatic carbocycles. The predicted octanol–water partition coefficient (Wildman–Crippen LogP) is 3.52. The minimum absolute atomic E-state index is 0.106. The van der Waals surface area contributed by atoms with Crippen LogP contribution in [0, 0.1) is 0 Å². The van der Waals surface area contributed by atoms with Crippen molar-refractivity contribution in [2.24, 2.45) is 0 Å². The molecule has 2 amide bonds. The molecule has 0 aliphatic rings. The Hall–Kier alpha value is -3.34. The van der Waals surface area contributed by atoms with Gasteiger partial charge in [0.15, 0.2) is 0 Å². The summed E-state index contributed by atoms with van der Waals surface area (Å²) in [4.78, 5) is 28.8. The van der Waals surface area contributed by atoms with E-state index in [1.165, 1.54) is 11.0 Å². The van der Waals surface area contributed by atoms with E-state index in [4.69, 9.17) is 0 Å². The van der Waals surface area contributed by atoms with Crippen LogP contribution < -0.4 is 5.32 Å². The van der Waals surface area contributed by atoms with Gasteiger partial charge in [-0.2, -0.15) is 0 Å². The second kappa shape index (κ2) is 7.05. The number of amides is 2. The summed E-state index contributed by atoms with van der Waals surface area (Å²) in [6, 6.07) is 14.8. The van der Waals surface area contributed by atoms with Crippen molar-refractivity contribution >= 4 is 34.5 Å². The average Bonchev–Trinajstić information content (AvgIpc) is 3.02. The summed E-state index contributed by atoms with van der Waals surface area (Å²) in [5.74, 6) is -0.356. The van der Waals surface area contributed by atoms with Crippen LogP contribution in [0.1, 0.15) is 15.9 Å². The first-order valence-electron chi connectivity index (χ1n) is 7.91. The molecule has 5 heteroatoms. The summed E-state index contributed by atoms with van der Waals surface area (Å²) in [5.41, 5.74) is 3.09. The van der Waals surface area contributed by atoms with Crippen LogP contribution in [-0.2, 0) is 4.79 Å². The van der Waals surface area contributed by atoms with Crippen LogP contribution in [-0.4, -0.2) is 35.8 Å². The molecule has 126 valence electrons. The number of hydrogen-bond donors (Lipinski definition) is 2. The van der Waals surface area contributed by atoms with Crippen LogP contribution >= 0.6 is 0 Å². The third-order valence-corrected chi connectivity index (χ3v) is 3.82. The standard InChI is InChI=1S/C20H19N3O2/c1-23(2)20(25)14-6-5-7-16(12-14)22-19(24)11-10-15-13-21-18-9-4-3-8-17(15)18/h3-13,21H,1-2H3,(H,22,24). The molecule has 0 spiro atoms. The highest BCUT2D eigenvalue weighted by Gasteiger charge is 2.09. The second-order valence-electron chi connectivity index (χ2n) is 5.89. The lowest BCUT2D eigenvalue weighted by molar-refractivity contribution is -0.111. The Morgan fingerprint density at radius 3 is 2.68 bits per heavy atom. The van der Waals surface area contributed by atoms with E-state index < -0.39 is 0 Å². The lowest BCUT2D eigenvalue weighted by Gasteiger charge is -2.11. The molecule has 0 bridgehead atoms. The van der Waals surface area contributed by atoms with Crippen molar-refractivity contribution in [2.45, 2.75) is 0 Å². The predicted molar refractivity (Wildman–Crippen MR) is 100 cm³/mol. The Morgan fingerprint density at radius 1 is 1.08 bits per heavy atom. The van der Waals surface area contributed by atoms with E-state index in [0.29, 0.717) is 11.3 Å². The third-order valence-electron chi connectivity index (χ3n) is 3.82. The van der Waals surface area contributed by atoms with Gasteiger partial charge in [0.1, 0.15) is 0 Å². The SMILES string of the molecule is CN(C)C(=O)c1cccc(NC(=O)C=Cc2c[nH]c3ccccc23)c1. The number of nitrogens with one attached hydrogen (secondary N) is 2. The molecule has 1 aromatic heterocycles. The third kappa shape index (κ3) is 3.77. The fourth-order valence-corrected chi connectivity index (χ4v) is 2.57. The van der Waals surface area contributed by atoms with Gasteiger partial charge >= 0.3 is 0 Å². The van der Waals surface area contributed by atoms with Gasteiger partial charge < -0.3 is 15.2 Å². The van der Waals surface area contributed by atoms with Crippen molar-refractivity contribution in [3.05, 3.63) is 71.9 Å². The topological polar surface area (TPSA) is 65.2 Å². The number of anilines is 1. The Kier molecular flexibility index (Phi) is 4.66. The molecule has 0 aliphatic heterocycles.